The van der Waals surface area contributed by atoms with E-state index in [4.69, 9.17) is 24.7 Å². The van der Waals surface area contributed by atoms with Gasteiger partial charge in [0.2, 0.25) is 11.9 Å². The summed E-state index contributed by atoms with van der Waals surface area (Å²) in [7, 11) is 0. The van der Waals surface area contributed by atoms with Gasteiger partial charge in [-0.05, 0) is 0 Å². The summed E-state index contributed by atoms with van der Waals surface area (Å²) < 4.78 is 16.8. The van der Waals surface area contributed by atoms with Gasteiger partial charge in [-0.2, -0.15) is 4.89 Å². The molecule has 0 fully saturated rings. The van der Waals surface area contributed by atoms with Gasteiger partial charge < -0.3 is 35.0 Å². The third kappa shape index (κ3) is 31.3. The fourth-order valence-corrected chi connectivity index (χ4v) is 7.91. The maximum atomic E-state index is 11.9. The highest BCUT2D eigenvalue weighted by atomic mass is 32.3. The van der Waals surface area contributed by atoms with E-state index in [0.717, 1.165) is 11.8 Å². The van der Waals surface area contributed by atoms with Gasteiger partial charge in [0.15, 0.2) is 5.08 Å². The molecule has 0 saturated carbocycles. The first-order valence-corrected chi connectivity index (χ1v) is 20.3. The van der Waals surface area contributed by atoms with Crippen LogP contribution in [0.5, 0.6) is 0 Å². The minimum Gasteiger partial charge on any atom is -0.610 e. The molecule has 0 rings (SSSR count). The summed E-state index contributed by atoms with van der Waals surface area (Å²) in [5, 5.41) is 24.5. The molecular weight excluding hydrogens is 665 g/mol. The predicted molar refractivity (Wildman–Crippen MR) is 169 cm³/mol. The number of carbonyl (C=O) groups is 2. The van der Waals surface area contributed by atoms with Crippen molar-refractivity contribution in [3.05, 3.63) is 0 Å². The molecule has 0 aromatic carbocycles. The first-order valence-electron chi connectivity index (χ1n) is 9.81. The van der Waals surface area contributed by atoms with Crippen molar-refractivity contribution in [1.82, 2.24) is 10.6 Å². The van der Waals surface area contributed by atoms with Gasteiger partial charge in [-0.25, -0.2) is 14.8 Å². The molecule has 0 radical (unpaired) electrons. The summed E-state index contributed by atoms with van der Waals surface area (Å²) in [5.41, 5.74) is 1.36. The average molecular weight is 695 g/mol. The standard InChI is InChI=1S/C16H30N4O8S9/c21-7-31-11-33-9-26-15(23)19-4-30-3-18-6-37(25)14-35-13-36-16(24)20-5-29-2-17-1-27-28-10-34-12-32-8-22/h1,6,21-22H,2-5,7-14H2,(H,19,23)(H,20,24)/b17-1-,18-6+. The number of hydrogen-bond donors (Lipinski definition) is 4. The highest BCUT2D eigenvalue weighted by Crippen LogP contribution is 2.15. The van der Waals surface area contributed by atoms with E-state index >= 15 is 0 Å². The fraction of sp³-hybridized carbons (Fsp3) is 0.750. The Labute approximate surface area is 253 Å². The maximum absolute atomic E-state index is 11.9. The Morgan fingerprint density at radius 1 is 0.865 bits per heavy atom. The SMILES string of the molecule is O=C(NCSC/N=C/[S+]([O-])CSCSC(=O)NCSC/N=C\OOCSCSCO)OCSCSCO. The minimum absolute atomic E-state index is 0.0369. The van der Waals surface area contributed by atoms with Crippen LogP contribution in [-0.2, 0) is 25.7 Å². The number of rotatable bonds is 25. The number of thioether (sulfide) groups is 8. The number of nitrogens with one attached hydrogen (secondary N) is 2. The van der Waals surface area contributed by atoms with Crippen LogP contribution < -0.4 is 10.6 Å². The van der Waals surface area contributed by atoms with Crippen molar-refractivity contribution < 1.29 is 38.9 Å². The molecule has 4 N–H and O–H groups in total. The molecule has 0 aliphatic rings. The Bertz CT molecular complexity index is 617. The number of aliphatic hydroxyl groups is 2. The van der Waals surface area contributed by atoms with Gasteiger partial charge in [-0.15, -0.1) is 70.6 Å². The molecule has 12 nitrogen and oxygen atoms in total. The van der Waals surface area contributed by atoms with Crippen LogP contribution in [0.1, 0.15) is 0 Å². The number of amides is 2. The fourth-order valence-electron chi connectivity index (χ4n) is 1.38. The van der Waals surface area contributed by atoms with E-state index in [1.165, 1.54) is 94.3 Å². The van der Waals surface area contributed by atoms with Crippen molar-refractivity contribution in [1.29, 1.82) is 0 Å². The Balaban J connectivity index is 3.49. The van der Waals surface area contributed by atoms with Crippen molar-refractivity contribution >= 4 is 129 Å². The summed E-state index contributed by atoms with van der Waals surface area (Å²) in [6.07, 6.45) is 0.668. The topological polar surface area (TPSA) is 174 Å². The van der Waals surface area contributed by atoms with Gasteiger partial charge in [0.1, 0.15) is 11.9 Å². The molecule has 0 bridgehead atoms. The summed E-state index contributed by atoms with van der Waals surface area (Å²) in [6.45, 7) is 0. The first-order chi connectivity index (χ1) is 18.1. The molecule has 0 spiro atoms. The second kappa shape index (κ2) is 31.4. The van der Waals surface area contributed by atoms with Gasteiger partial charge in [0.25, 0.3) is 5.24 Å². The van der Waals surface area contributed by atoms with Crippen LogP contribution in [0, 0.1) is 0 Å². The van der Waals surface area contributed by atoms with Crippen LogP contribution in [0.15, 0.2) is 9.98 Å². The number of alkyl carbamates (subject to hydrolysis) is 1. The highest BCUT2D eigenvalue weighted by molar-refractivity contribution is 8.27. The van der Waals surface area contributed by atoms with E-state index in [2.05, 4.69) is 20.6 Å². The van der Waals surface area contributed by atoms with Crippen molar-refractivity contribution in [3.63, 3.8) is 0 Å². The lowest BCUT2D eigenvalue weighted by Crippen LogP contribution is -2.23. The molecule has 37 heavy (non-hydrogen) atoms. The van der Waals surface area contributed by atoms with E-state index in [1.807, 2.05) is 0 Å². The van der Waals surface area contributed by atoms with Crippen LogP contribution in [0.25, 0.3) is 0 Å². The molecule has 0 aliphatic carbocycles. The van der Waals surface area contributed by atoms with Crippen LogP contribution in [0.4, 0.5) is 9.59 Å². The Morgan fingerprint density at radius 3 is 2.27 bits per heavy atom. The van der Waals surface area contributed by atoms with Gasteiger partial charge in [-0.3, -0.25) is 4.79 Å². The number of hydrogen-bond acceptors (Lipinski definition) is 18. The summed E-state index contributed by atoms with van der Waals surface area (Å²) in [6, 6.07) is 0. The summed E-state index contributed by atoms with van der Waals surface area (Å²) >= 11 is 9.51. The lowest BCUT2D eigenvalue weighted by atomic mass is 11.1. The van der Waals surface area contributed by atoms with Gasteiger partial charge in [0, 0.05) is 21.3 Å². The molecular formula is C16H30N4O8S9. The summed E-state index contributed by atoms with van der Waals surface area (Å²) in [5.74, 6) is 2.12. The van der Waals surface area contributed by atoms with Crippen molar-refractivity contribution in [2.45, 2.75) is 0 Å². The van der Waals surface area contributed by atoms with Crippen LogP contribution >= 0.6 is 94.1 Å². The predicted octanol–water partition coefficient (Wildman–Crippen LogP) is 3.52. The van der Waals surface area contributed by atoms with Crippen LogP contribution in [-0.4, -0.2) is 106 Å². The molecule has 216 valence electrons. The summed E-state index contributed by atoms with van der Waals surface area (Å²) in [4.78, 5) is 40.8. The molecule has 1 atom stereocenters. The number of aliphatic hydroxyl groups excluding tert-OH is 2. The van der Waals surface area contributed by atoms with Gasteiger partial charge in [0.05, 0.1) is 40.5 Å². The number of nitrogens with zero attached hydrogens (tertiary/aromatic N) is 2. The lowest BCUT2D eigenvalue weighted by molar-refractivity contribution is -0.196. The third-order valence-corrected chi connectivity index (χ3v) is 11.2. The van der Waals surface area contributed by atoms with Crippen molar-refractivity contribution in [2.24, 2.45) is 9.98 Å². The Hall–Kier alpha value is 0.870. The smallest absolute Gasteiger partial charge is 0.408 e. The Morgan fingerprint density at radius 2 is 1.54 bits per heavy atom. The quantitative estimate of drug-likeness (QED) is 0.0208. The molecule has 21 heteroatoms. The number of aliphatic imine (C=N–C) groups is 2. The maximum Gasteiger partial charge on any atom is 0.408 e. The lowest BCUT2D eigenvalue weighted by Gasteiger charge is -2.06. The number of carbonyl (C=O) groups excluding carboxylic acids is 2. The van der Waals surface area contributed by atoms with Gasteiger partial charge >= 0.3 is 6.09 Å². The zero-order chi connectivity index (χ0) is 27.2. The number of ether oxygens (including phenoxy) is 1. The second-order valence-corrected chi connectivity index (χ2v) is 15.7. The van der Waals surface area contributed by atoms with E-state index in [0.29, 0.717) is 49.8 Å². The van der Waals surface area contributed by atoms with Gasteiger partial charge in [-0.1, -0.05) is 23.5 Å². The molecule has 2 amide bonds. The largest absolute Gasteiger partial charge is 0.610 e. The normalized spacial score (nSPS) is 12.2. The molecule has 0 aromatic rings. The third-order valence-electron chi connectivity index (χ3n) is 2.74. The molecule has 0 aromatic heterocycles. The van der Waals surface area contributed by atoms with E-state index in [9.17, 15) is 14.1 Å². The van der Waals surface area contributed by atoms with E-state index in [-0.39, 0.29) is 23.1 Å². The monoisotopic (exact) mass is 694 g/mol. The molecule has 1 unspecified atom stereocenters. The average Bonchev–Trinajstić information content (AvgIpc) is 2.89. The highest BCUT2D eigenvalue weighted by Gasteiger charge is 2.06. The minimum atomic E-state index is -1.25. The molecule has 0 aliphatic heterocycles. The van der Waals surface area contributed by atoms with Crippen molar-refractivity contribution in [3.8, 4) is 0 Å². The second-order valence-electron chi connectivity index (χ2n) is 5.33. The Kier molecular flexibility index (Phi) is 32.1. The zero-order valence-electron chi connectivity index (χ0n) is 19.6. The van der Waals surface area contributed by atoms with Crippen LogP contribution in [0.2, 0.25) is 0 Å². The first kappa shape index (κ1) is 37.9. The van der Waals surface area contributed by atoms with E-state index in [1.54, 1.807) is 0 Å². The van der Waals surface area contributed by atoms with Crippen LogP contribution in [0.3, 0.4) is 0 Å². The van der Waals surface area contributed by atoms with Crippen molar-refractivity contribution in [2.75, 3.05) is 67.6 Å². The molecule has 0 heterocycles. The van der Waals surface area contributed by atoms with E-state index < -0.39 is 17.3 Å². The molecule has 0 saturated heterocycles. The zero-order valence-corrected chi connectivity index (χ0v) is 26.9.